The summed E-state index contributed by atoms with van der Waals surface area (Å²) in [6, 6.07) is 13.2. The van der Waals surface area contributed by atoms with E-state index < -0.39 is 0 Å². The lowest BCUT2D eigenvalue weighted by molar-refractivity contribution is 0.314. The summed E-state index contributed by atoms with van der Waals surface area (Å²) in [5, 5.41) is 0.580. The van der Waals surface area contributed by atoms with Crippen LogP contribution in [0.2, 0.25) is 5.02 Å². The first-order valence-corrected chi connectivity index (χ1v) is 6.34. The predicted molar refractivity (Wildman–Crippen MR) is 76.7 cm³/mol. The normalized spacial score (nSPS) is 13.4. The molecule has 0 unspecified atom stereocenters. The van der Waals surface area contributed by atoms with Gasteiger partial charge in [-0.25, -0.2) is 4.85 Å². The van der Waals surface area contributed by atoms with Crippen LogP contribution in [0.4, 0.5) is 17.1 Å². The van der Waals surface area contributed by atoms with Crippen LogP contribution in [0.25, 0.3) is 4.85 Å². The van der Waals surface area contributed by atoms with Crippen molar-refractivity contribution in [3.63, 3.8) is 0 Å². The fourth-order valence-corrected chi connectivity index (χ4v) is 2.40. The number of nitrogens with zero attached hydrogens (tertiary/aromatic N) is 2. The van der Waals surface area contributed by atoms with Gasteiger partial charge in [0.25, 0.3) is 0 Å². The molecule has 1 heterocycles. The van der Waals surface area contributed by atoms with E-state index in [1.165, 1.54) is 0 Å². The Hall–Kier alpha value is -2.18. The molecule has 94 valence electrons. The van der Waals surface area contributed by atoms with E-state index in [4.69, 9.17) is 22.9 Å². The SMILES string of the molecule is [C-]#[N+]c1cc(Cl)ccc1N1CCOc2ccccc21. The van der Waals surface area contributed by atoms with Crippen LogP contribution >= 0.6 is 11.6 Å². The lowest BCUT2D eigenvalue weighted by atomic mass is 10.2. The second kappa shape index (κ2) is 4.83. The first-order chi connectivity index (χ1) is 9.29. The van der Waals surface area contributed by atoms with Gasteiger partial charge >= 0.3 is 0 Å². The predicted octanol–water partition coefficient (Wildman–Crippen LogP) is 4.42. The van der Waals surface area contributed by atoms with E-state index in [1.54, 1.807) is 6.07 Å². The maximum Gasteiger partial charge on any atom is 0.211 e. The molecule has 0 aliphatic carbocycles. The van der Waals surface area contributed by atoms with Gasteiger partial charge in [-0.1, -0.05) is 23.7 Å². The molecule has 1 aliphatic rings. The van der Waals surface area contributed by atoms with Crippen molar-refractivity contribution in [2.75, 3.05) is 18.1 Å². The van der Waals surface area contributed by atoms with Crippen LogP contribution < -0.4 is 9.64 Å². The lowest BCUT2D eigenvalue weighted by Crippen LogP contribution is -2.28. The molecule has 0 saturated carbocycles. The number of hydrogen-bond donors (Lipinski definition) is 0. The third-order valence-corrected chi connectivity index (χ3v) is 3.31. The van der Waals surface area contributed by atoms with Gasteiger partial charge in [0.2, 0.25) is 5.69 Å². The number of halogens is 1. The number of fused-ring (bicyclic) bond motifs is 1. The van der Waals surface area contributed by atoms with Gasteiger partial charge in [0.05, 0.1) is 18.8 Å². The molecule has 0 radical (unpaired) electrons. The molecule has 0 aromatic heterocycles. The van der Waals surface area contributed by atoms with Crippen molar-refractivity contribution in [1.29, 1.82) is 0 Å². The molecule has 3 nitrogen and oxygen atoms in total. The van der Waals surface area contributed by atoms with Gasteiger partial charge in [0.1, 0.15) is 12.4 Å². The highest BCUT2D eigenvalue weighted by molar-refractivity contribution is 6.31. The van der Waals surface area contributed by atoms with Crippen LogP contribution in [-0.4, -0.2) is 13.2 Å². The molecule has 0 amide bonds. The number of rotatable bonds is 1. The smallest absolute Gasteiger partial charge is 0.211 e. The Labute approximate surface area is 116 Å². The van der Waals surface area contributed by atoms with E-state index >= 15 is 0 Å². The molecule has 19 heavy (non-hydrogen) atoms. The van der Waals surface area contributed by atoms with Crippen LogP contribution in [0.1, 0.15) is 0 Å². The summed E-state index contributed by atoms with van der Waals surface area (Å²) < 4.78 is 5.63. The van der Waals surface area contributed by atoms with Gasteiger partial charge in [-0.2, -0.15) is 0 Å². The summed E-state index contributed by atoms with van der Waals surface area (Å²) in [4.78, 5) is 5.66. The molecule has 0 atom stereocenters. The zero-order valence-electron chi connectivity index (χ0n) is 10.1. The van der Waals surface area contributed by atoms with E-state index in [2.05, 4.69) is 9.74 Å². The van der Waals surface area contributed by atoms with Crippen LogP contribution in [0.15, 0.2) is 42.5 Å². The van der Waals surface area contributed by atoms with Gasteiger partial charge in [0, 0.05) is 10.7 Å². The fraction of sp³-hybridized carbons (Fsp3) is 0.133. The van der Waals surface area contributed by atoms with Crippen molar-refractivity contribution in [2.45, 2.75) is 0 Å². The third kappa shape index (κ3) is 2.11. The molecular weight excluding hydrogens is 260 g/mol. The highest BCUT2D eigenvalue weighted by atomic mass is 35.5. The second-order valence-electron chi connectivity index (χ2n) is 4.21. The average Bonchev–Trinajstić information content (AvgIpc) is 2.46. The number of para-hydroxylation sites is 2. The zero-order valence-corrected chi connectivity index (χ0v) is 10.9. The van der Waals surface area contributed by atoms with Crippen molar-refractivity contribution >= 4 is 28.7 Å². The van der Waals surface area contributed by atoms with Crippen molar-refractivity contribution in [1.82, 2.24) is 0 Å². The maximum absolute atomic E-state index is 7.29. The monoisotopic (exact) mass is 270 g/mol. The highest BCUT2D eigenvalue weighted by Crippen LogP contribution is 2.41. The molecule has 0 spiro atoms. The van der Waals surface area contributed by atoms with Gasteiger partial charge in [-0.3, -0.25) is 0 Å². The van der Waals surface area contributed by atoms with Gasteiger partial charge in [-0.15, -0.1) is 0 Å². The quantitative estimate of drug-likeness (QED) is 0.714. The first-order valence-electron chi connectivity index (χ1n) is 5.96. The van der Waals surface area contributed by atoms with E-state index in [-0.39, 0.29) is 0 Å². The maximum atomic E-state index is 7.29. The summed E-state index contributed by atoms with van der Waals surface area (Å²) in [6.07, 6.45) is 0. The first kappa shape index (κ1) is 11.9. The Balaban J connectivity index is 2.12. The molecule has 0 fully saturated rings. The van der Waals surface area contributed by atoms with E-state index in [9.17, 15) is 0 Å². The van der Waals surface area contributed by atoms with Gasteiger partial charge < -0.3 is 9.64 Å². The summed E-state index contributed by atoms with van der Waals surface area (Å²) in [6.45, 7) is 8.62. The molecule has 0 saturated heterocycles. The topological polar surface area (TPSA) is 16.8 Å². The Kier molecular flexibility index (Phi) is 3.02. The van der Waals surface area contributed by atoms with Crippen LogP contribution in [-0.2, 0) is 0 Å². The Morgan fingerprint density at radius 3 is 2.84 bits per heavy atom. The standard InChI is InChI=1S/C15H11ClN2O/c1-17-12-10-11(16)6-7-13(12)18-8-9-19-15-5-3-2-4-14(15)18/h2-7,10H,8-9H2. The number of ether oxygens (including phenoxy) is 1. The average molecular weight is 271 g/mol. The number of anilines is 2. The zero-order chi connectivity index (χ0) is 13.2. The van der Waals surface area contributed by atoms with Crippen molar-refractivity contribution in [2.24, 2.45) is 0 Å². The van der Waals surface area contributed by atoms with Crippen molar-refractivity contribution in [3.05, 3.63) is 58.9 Å². The van der Waals surface area contributed by atoms with Gasteiger partial charge in [-0.05, 0) is 30.3 Å². The minimum atomic E-state index is 0.559. The third-order valence-electron chi connectivity index (χ3n) is 3.08. The lowest BCUT2D eigenvalue weighted by Gasteiger charge is -2.32. The Morgan fingerprint density at radius 1 is 1.16 bits per heavy atom. The summed E-state index contributed by atoms with van der Waals surface area (Å²) in [5.41, 5.74) is 2.42. The number of hydrogen-bond acceptors (Lipinski definition) is 2. The number of benzene rings is 2. The molecule has 0 N–H and O–H groups in total. The molecule has 2 aromatic rings. The van der Waals surface area contributed by atoms with E-state index in [0.717, 1.165) is 23.7 Å². The van der Waals surface area contributed by atoms with Crippen molar-refractivity contribution in [3.8, 4) is 5.75 Å². The molecule has 1 aliphatic heterocycles. The summed E-state index contributed by atoms with van der Waals surface area (Å²) in [7, 11) is 0. The van der Waals surface area contributed by atoms with Gasteiger partial charge in [0.15, 0.2) is 0 Å². The molecule has 2 aromatic carbocycles. The molecule has 0 bridgehead atoms. The summed E-state index contributed by atoms with van der Waals surface area (Å²) >= 11 is 5.95. The molecular formula is C15H11ClN2O. The molecule has 3 rings (SSSR count). The Bertz CT molecular complexity index is 663. The highest BCUT2D eigenvalue weighted by Gasteiger charge is 2.21. The minimum absolute atomic E-state index is 0.559. The minimum Gasteiger partial charge on any atom is -0.490 e. The van der Waals surface area contributed by atoms with Crippen LogP contribution in [0, 0.1) is 6.57 Å². The molecule has 4 heteroatoms. The van der Waals surface area contributed by atoms with E-state index in [1.807, 2.05) is 36.4 Å². The largest absolute Gasteiger partial charge is 0.490 e. The fourth-order valence-electron chi connectivity index (χ4n) is 2.23. The summed E-state index contributed by atoms with van der Waals surface area (Å²) in [5.74, 6) is 0.847. The van der Waals surface area contributed by atoms with E-state index in [0.29, 0.717) is 17.3 Å². The van der Waals surface area contributed by atoms with Crippen LogP contribution in [0.3, 0.4) is 0 Å². The van der Waals surface area contributed by atoms with Crippen LogP contribution in [0.5, 0.6) is 5.75 Å². The second-order valence-corrected chi connectivity index (χ2v) is 4.65. The Morgan fingerprint density at radius 2 is 2.00 bits per heavy atom. The van der Waals surface area contributed by atoms with Crippen molar-refractivity contribution < 1.29 is 4.74 Å².